The third-order valence-electron chi connectivity index (χ3n) is 2.99. The maximum absolute atomic E-state index is 12.3. The summed E-state index contributed by atoms with van der Waals surface area (Å²) < 4.78 is 10.8. The first-order valence-electron chi connectivity index (χ1n) is 6.63. The van der Waals surface area contributed by atoms with Crippen molar-refractivity contribution in [3.05, 3.63) is 41.5 Å². The molecular weight excluding hydrogens is 256 g/mol. The second kappa shape index (κ2) is 5.49. The summed E-state index contributed by atoms with van der Waals surface area (Å²) >= 11 is 0. The fraction of sp³-hybridized carbons (Fsp3) is 0.375. The maximum atomic E-state index is 12.3. The smallest absolute Gasteiger partial charge is 0.345 e. The topological polar surface area (TPSA) is 52.6 Å². The van der Waals surface area contributed by atoms with Gasteiger partial charge in [-0.25, -0.2) is 4.79 Å². The van der Waals surface area contributed by atoms with E-state index < -0.39 is 11.6 Å². The summed E-state index contributed by atoms with van der Waals surface area (Å²) in [7, 11) is 0. The van der Waals surface area contributed by atoms with Gasteiger partial charge in [-0.3, -0.25) is 4.79 Å². The number of benzene rings is 1. The van der Waals surface area contributed by atoms with Crippen molar-refractivity contribution in [1.82, 2.24) is 0 Å². The van der Waals surface area contributed by atoms with Crippen LogP contribution >= 0.6 is 0 Å². The van der Waals surface area contributed by atoms with Gasteiger partial charge >= 0.3 is 5.97 Å². The van der Waals surface area contributed by atoms with E-state index in [1.165, 1.54) is 0 Å². The summed E-state index contributed by atoms with van der Waals surface area (Å²) in [5.41, 5.74) is 0.0900. The van der Waals surface area contributed by atoms with E-state index in [2.05, 4.69) is 0 Å². The first-order valence-corrected chi connectivity index (χ1v) is 6.63. The van der Waals surface area contributed by atoms with E-state index in [0.29, 0.717) is 11.3 Å². The van der Waals surface area contributed by atoms with Gasteiger partial charge in [0.15, 0.2) is 5.78 Å². The van der Waals surface area contributed by atoms with Crippen molar-refractivity contribution in [3.63, 3.8) is 0 Å². The Balaban J connectivity index is 2.54. The van der Waals surface area contributed by atoms with Crippen molar-refractivity contribution < 1.29 is 19.1 Å². The lowest BCUT2D eigenvalue weighted by Crippen LogP contribution is -2.36. The average molecular weight is 274 g/mol. The van der Waals surface area contributed by atoms with Gasteiger partial charge in [0.1, 0.15) is 16.9 Å². The highest BCUT2D eigenvalue weighted by atomic mass is 16.5. The maximum Gasteiger partial charge on any atom is 0.345 e. The van der Waals surface area contributed by atoms with Crippen molar-refractivity contribution in [1.29, 1.82) is 0 Å². The number of hydrogen-bond acceptors (Lipinski definition) is 4. The zero-order valence-electron chi connectivity index (χ0n) is 11.9. The molecule has 106 valence electrons. The molecule has 0 spiro atoms. The number of rotatable bonds is 3. The molecular formula is C16H18O4. The van der Waals surface area contributed by atoms with E-state index in [4.69, 9.17) is 9.47 Å². The fourth-order valence-corrected chi connectivity index (χ4v) is 2.17. The highest BCUT2D eigenvalue weighted by Gasteiger charge is 2.38. The molecule has 20 heavy (non-hydrogen) atoms. The van der Waals surface area contributed by atoms with E-state index >= 15 is 0 Å². The molecule has 0 amide bonds. The molecule has 0 radical (unpaired) electrons. The monoisotopic (exact) mass is 274 g/mol. The van der Waals surface area contributed by atoms with Gasteiger partial charge in [-0.15, -0.1) is 0 Å². The Morgan fingerprint density at radius 3 is 2.55 bits per heavy atom. The van der Waals surface area contributed by atoms with Crippen molar-refractivity contribution in [2.45, 2.75) is 32.8 Å². The molecule has 0 saturated carbocycles. The van der Waals surface area contributed by atoms with Crippen LogP contribution in [0.4, 0.5) is 0 Å². The molecule has 1 heterocycles. The summed E-state index contributed by atoms with van der Waals surface area (Å²) in [6, 6.07) is 9.15. The summed E-state index contributed by atoms with van der Waals surface area (Å²) in [5.74, 6) is -0.546. The summed E-state index contributed by atoms with van der Waals surface area (Å²) in [6.07, 6.45) is 0.164. The Labute approximate surface area is 118 Å². The van der Waals surface area contributed by atoms with Gasteiger partial charge < -0.3 is 9.47 Å². The molecule has 1 aromatic rings. The Bertz CT molecular complexity index is 555. The molecule has 0 bridgehead atoms. The lowest BCUT2D eigenvalue weighted by molar-refractivity contribution is -0.141. The third-order valence-corrected chi connectivity index (χ3v) is 2.99. The second-order valence-electron chi connectivity index (χ2n) is 5.25. The van der Waals surface area contributed by atoms with Crippen molar-refractivity contribution >= 4 is 17.5 Å². The first kappa shape index (κ1) is 14.3. The van der Waals surface area contributed by atoms with Crippen LogP contribution in [0.3, 0.4) is 0 Å². The second-order valence-corrected chi connectivity index (χ2v) is 5.25. The zero-order chi connectivity index (χ0) is 14.8. The number of Topliss-reactive ketones (excluding diaryl/α,β-unsaturated/α-hetero) is 1. The van der Waals surface area contributed by atoms with Gasteiger partial charge in [-0.05, 0) is 20.8 Å². The van der Waals surface area contributed by atoms with Crippen molar-refractivity contribution in [3.8, 4) is 0 Å². The molecule has 0 saturated heterocycles. The summed E-state index contributed by atoms with van der Waals surface area (Å²) in [5, 5.41) is 0. The Morgan fingerprint density at radius 2 is 1.95 bits per heavy atom. The van der Waals surface area contributed by atoms with Gasteiger partial charge in [0, 0.05) is 5.56 Å². The van der Waals surface area contributed by atoms with Crippen LogP contribution in [-0.2, 0) is 19.1 Å². The minimum absolute atomic E-state index is 0.0115. The van der Waals surface area contributed by atoms with Gasteiger partial charge in [-0.1, -0.05) is 30.3 Å². The van der Waals surface area contributed by atoms with E-state index in [0.717, 1.165) is 0 Å². The molecule has 1 aliphatic heterocycles. The molecule has 1 aliphatic rings. The highest BCUT2D eigenvalue weighted by molar-refractivity contribution is 6.23. The van der Waals surface area contributed by atoms with Crippen molar-refractivity contribution in [2.75, 3.05) is 6.61 Å². The van der Waals surface area contributed by atoms with E-state index in [1.807, 2.05) is 44.2 Å². The van der Waals surface area contributed by atoms with Crippen molar-refractivity contribution in [2.24, 2.45) is 0 Å². The zero-order valence-corrected chi connectivity index (χ0v) is 11.9. The fourth-order valence-electron chi connectivity index (χ4n) is 2.17. The van der Waals surface area contributed by atoms with Crippen LogP contribution in [0, 0.1) is 0 Å². The van der Waals surface area contributed by atoms with Crippen LogP contribution in [0.25, 0.3) is 5.76 Å². The normalized spacial score (nSPS) is 17.6. The lowest BCUT2D eigenvalue weighted by atomic mass is 9.91. The summed E-state index contributed by atoms with van der Waals surface area (Å²) in [4.78, 5) is 24.3. The predicted molar refractivity (Wildman–Crippen MR) is 74.8 cm³/mol. The minimum atomic E-state index is -0.627. The molecule has 4 heteroatoms. The molecule has 0 atom stereocenters. The Morgan fingerprint density at radius 1 is 1.30 bits per heavy atom. The van der Waals surface area contributed by atoms with Gasteiger partial charge in [0.25, 0.3) is 0 Å². The van der Waals surface area contributed by atoms with E-state index in [-0.39, 0.29) is 24.4 Å². The van der Waals surface area contributed by atoms with Crippen LogP contribution in [0.5, 0.6) is 0 Å². The number of ether oxygens (including phenoxy) is 2. The molecule has 2 rings (SSSR count). The molecule has 0 fully saturated rings. The Hall–Kier alpha value is -2.10. The van der Waals surface area contributed by atoms with Crippen LogP contribution < -0.4 is 0 Å². The van der Waals surface area contributed by atoms with Crippen LogP contribution in [0.15, 0.2) is 35.9 Å². The number of carbonyl (C=O) groups is 2. The number of carbonyl (C=O) groups excluding carboxylic acids is 2. The van der Waals surface area contributed by atoms with E-state index in [1.54, 1.807) is 6.92 Å². The summed E-state index contributed by atoms with van der Waals surface area (Å²) in [6.45, 7) is 5.59. The van der Waals surface area contributed by atoms with E-state index in [9.17, 15) is 9.59 Å². The van der Waals surface area contributed by atoms with Crippen LogP contribution in [0.1, 0.15) is 32.8 Å². The molecule has 4 nitrogen and oxygen atoms in total. The average Bonchev–Trinajstić information content (AvgIpc) is 2.38. The number of ketones is 1. The molecule has 0 N–H and O–H groups in total. The standard InChI is InChI=1S/C16H18O4/c1-4-19-15(18)13-12(17)10-16(2,3)20-14(13)11-8-6-5-7-9-11/h5-9H,4,10H2,1-3H3. The van der Waals surface area contributed by atoms with Gasteiger partial charge in [0.2, 0.25) is 0 Å². The highest BCUT2D eigenvalue weighted by Crippen LogP contribution is 2.35. The largest absolute Gasteiger partial charge is 0.486 e. The molecule has 1 aromatic carbocycles. The number of hydrogen-bond donors (Lipinski definition) is 0. The third kappa shape index (κ3) is 2.90. The molecule has 0 unspecified atom stereocenters. The number of esters is 1. The quantitative estimate of drug-likeness (QED) is 0.628. The molecule has 0 aromatic heterocycles. The van der Waals surface area contributed by atoms with Gasteiger partial charge in [0.05, 0.1) is 13.0 Å². The minimum Gasteiger partial charge on any atom is -0.486 e. The predicted octanol–water partition coefficient (Wildman–Crippen LogP) is 2.73. The van der Waals surface area contributed by atoms with Crippen LogP contribution in [-0.4, -0.2) is 24.0 Å². The Kier molecular flexibility index (Phi) is 3.93. The first-order chi connectivity index (χ1) is 9.44. The molecule has 0 aliphatic carbocycles. The van der Waals surface area contributed by atoms with Crippen LogP contribution in [0.2, 0.25) is 0 Å². The lowest BCUT2D eigenvalue weighted by Gasteiger charge is -2.32. The SMILES string of the molecule is CCOC(=O)C1=C(c2ccccc2)OC(C)(C)CC1=O. The van der Waals surface area contributed by atoms with Gasteiger partial charge in [-0.2, -0.15) is 0 Å².